The summed E-state index contributed by atoms with van der Waals surface area (Å²) in [4.78, 5) is 10.7. The Labute approximate surface area is 89.9 Å². The van der Waals surface area contributed by atoms with Crippen molar-refractivity contribution in [1.29, 1.82) is 0 Å². The lowest BCUT2D eigenvalue weighted by Crippen LogP contribution is -2.23. The van der Waals surface area contributed by atoms with Crippen molar-refractivity contribution in [2.24, 2.45) is 11.7 Å². The zero-order chi connectivity index (χ0) is 11.3. The van der Waals surface area contributed by atoms with Crippen LogP contribution in [0, 0.1) is 12.8 Å². The van der Waals surface area contributed by atoms with E-state index in [1.54, 1.807) is 0 Å². The maximum absolute atomic E-state index is 10.7. The summed E-state index contributed by atoms with van der Waals surface area (Å²) in [5, 5.41) is 8.82. The molecule has 0 radical (unpaired) electrons. The number of aryl methyl sites for hydroxylation is 2. The average molecular weight is 207 g/mol. The highest BCUT2D eigenvalue weighted by atomic mass is 16.4. The van der Waals surface area contributed by atoms with Crippen molar-refractivity contribution in [3.05, 3.63) is 35.4 Å². The molecule has 3 nitrogen and oxygen atoms in total. The van der Waals surface area contributed by atoms with E-state index in [2.05, 4.69) is 0 Å². The minimum Gasteiger partial charge on any atom is -0.481 e. The molecule has 0 aromatic heterocycles. The molecule has 0 aliphatic rings. The zero-order valence-corrected chi connectivity index (χ0v) is 8.94. The van der Waals surface area contributed by atoms with Crippen LogP contribution in [0.25, 0.3) is 0 Å². The van der Waals surface area contributed by atoms with Crippen LogP contribution in [0.4, 0.5) is 0 Å². The summed E-state index contributed by atoms with van der Waals surface area (Å²) in [5.74, 6) is -1.23. The van der Waals surface area contributed by atoms with Crippen LogP contribution in [0.5, 0.6) is 0 Å². The topological polar surface area (TPSA) is 63.3 Å². The first-order valence-electron chi connectivity index (χ1n) is 5.12. The molecule has 0 saturated heterocycles. The third-order valence-electron chi connectivity index (χ3n) is 2.54. The van der Waals surface area contributed by atoms with E-state index < -0.39 is 11.9 Å². The van der Waals surface area contributed by atoms with Crippen LogP contribution in [0.3, 0.4) is 0 Å². The predicted octanol–water partition coefficient (Wildman–Crippen LogP) is 1.59. The molecule has 0 spiro atoms. The molecular formula is C12H17NO2. The van der Waals surface area contributed by atoms with Gasteiger partial charge in [0.1, 0.15) is 0 Å². The quantitative estimate of drug-likeness (QED) is 0.770. The Hall–Kier alpha value is -1.35. The molecule has 0 aliphatic heterocycles. The summed E-state index contributed by atoms with van der Waals surface area (Å²) in [6.45, 7) is 2.24. The molecule has 0 amide bonds. The molecule has 1 unspecified atom stereocenters. The van der Waals surface area contributed by atoms with Gasteiger partial charge < -0.3 is 10.8 Å². The molecule has 0 saturated carbocycles. The van der Waals surface area contributed by atoms with E-state index >= 15 is 0 Å². The van der Waals surface area contributed by atoms with E-state index in [0.717, 1.165) is 6.42 Å². The summed E-state index contributed by atoms with van der Waals surface area (Å²) in [6.07, 6.45) is 1.38. The molecule has 0 fully saturated rings. The van der Waals surface area contributed by atoms with Gasteiger partial charge in [-0.15, -0.1) is 0 Å². The Balaban J connectivity index is 2.49. The Morgan fingerprint density at radius 3 is 2.47 bits per heavy atom. The predicted molar refractivity (Wildman–Crippen MR) is 59.7 cm³/mol. The number of carboxylic acid groups (broad SMARTS) is 1. The Morgan fingerprint density at radius 1 is 1.40 bits per heavy atom. The van der Waals surface area contributed by atoms with Crippen LogP contribution < -0.4 is 5.73 Å². The van der Waals surface area contributed by atoms with Gasteiger partial charge in [-0.1, -0.05) is 29.8 Å². The SMILES string of the molecule is Cc1ccc(CCC(CN)C(=O)O)cc1. The molecule has 3 N–H and O–H groups in total. The molecule has 0 aliphatic carbocycles. The van der Waals surface area contributed by atoms with Gasteiger partial charge >= 0.3 is 5.97 Å². The number of rotatable bonds is 5. The van der Waals surface area contributed by atoms with Crippen molar-refractivity contribution in [1.82, 2.24) is 0 Å². The number of nitrogens with two attached hydrogens (primary N) is 1. The highest BCUT2D eigenvalue weighted by molar-refractivity contribution is 5.70. The molecule has 0 heterocycles. The maximum Gasteiger partial charge on any atom is 0.307 e. The number of carboxylic acids is 1. The van der Waals surface area contributed by atoms with Crippen LogP contribution in [0.15, 0.2) is 24.3 Å². The summed E-state index contributed by atoms with van der Waals surface area (Å²) in [6, 6.07) is 8.14. The Kier molecular flexibility index (Phi) is 4.31. The average Bonchev–Trinajstić information content (AvgIpc) is 2.21. The molecule has 15 heavy (non-hydrogen) atoms. The minimum absolute atomic E-state index is 0.210. The third-order valence-corrected chi connectivity index (χ3v) is 2.54. The van der Waals surface area contributed by atoms with Gasteiger partial charge in [0, 0.05) is 6.54 Å². The fourth-order valence-electron chi connectivity index (χ4n) is 1.44. The van der Waals surface area contributed by atoms with Crippen LogP contribution in [-0.4, -0.2) is 17.6 Å². The molecule has 1 rings (SSSR count). The first-order chi connectivity index (χ1) is 7.13. The van der Waals surface area contributed by atoms with Crippen LogP contribution >= 0.6 is 0 Å². The van der Waals surface area contributed by atoms with Crippen molar-refractivity contribution >= 4 is 5.97 Å². The Bertz CT molecular complexity index is 319. The lowest BCUT2D eigenvalue weighted by molar-refractivity contribution is -0.141. The van der Waals surface area contributed by atoms with Crippen LogP contribution in [0.1, 0.15) is 17.5 Å². The van der Waals surface area contributed by atoms with E-state index in [0.29, 0.717) is 6.42 Å². The van der Waals surface area contributed by atoms with Gasteiger partial charge in [0.25, 0.3) is 0 Å². The van der Waals surface area contributed by atoms with Gasteiger partial charge in [-0.2, -0.15) is 0 Å². The fourth-order valence-corrected chi connectivity index (χ4v) is 1.44. The van der Waals surface area contributed by atoms with Gasteiger partial charge in [-0.3, -0.25) is 4.79 Å². The smallest absolute Gasteiger partial charge is 0.307 e. The van der Waals surface area contributed by atoms with Crippen molar-refractivity contribution in [3.63, 3.8) is 0 Å². The van der Waals surface area contributed by atoms with Crippen molar-refractivity contribution in [2.45, 2.75) is 19.8 Å². The van der Waals surface area contributed by atoms with Crippen molar-refractivity contribution in [3.8, 4) is 0 Å². The highest BCUT2D eigenvalue weighted by Crippen LogP contribution is 2.10. The molecule has 1 aromatic carbocycles. The van der Waals surface area contributed by atoms with E-state index in [4.69, 9.17) is 10.8 Å². The monoisotopic (exact) mass is 207 g/mol. The third kappa shape index (κ3) is 3.72. The van der Waals surface area contributed by atoms with E-state index in [1.165, 1.54) is 11.1 Å². The van der Waals surface area contributed by atoms with Gasteiger partial charge in [-0.25, -0.2) is 0 Å². The fraction of sp³-hybridized carbons (Fsp3) is 0.417. The first kappa shape index (κ1) is 11.7. The lowest BCUT2D eigenvalue weighted by atomic mass is 9.99. The second-order valence-corrected chi connectivity index (χ2v) is 3.80. The zero-order valence-electron chi connectivity index (χ0n) is 8.94. The van der Waals surface area contributed by atoms with Gasteiger partial charge in [-0.05, 0) is 25.3 Å². The number of hydrogen-bond donors (Lipinski definition) is 2. The van der Waals surface area contributed by atoms with Gasteiger partial charge in [0.05, 0.1) is 5.92 Å². The minimum atomic E-state index is -0.801. The largest absolute Gasteiger partial charge is 0.481 e. The molecule has 1 aromatic rings. The van der Waals surface area contributed by atoms with Gasteiger partial charge in [0.2, 0.25) is 0 Å². The molecular weight excluding hydrogens is 190 g/mol. The number of benzene rings is 1. The summed E-state index contributed by atoms with van der Waals surface area (Å²) >= 11 is 0. The summed E-state index contributed by atoms with van der Waals surface area (Å²) in [5.41, 5.74) is 7.76. The standard InChI is InChI=1S/C12H17NO2/c1-9-2-4-10(5-3-9)6-7-11(8-13)12(14)15/h2-5,11H,6-8,13H2,1H3,(H,14,15). The van der Waals surface area contributed by atoms with Crippen LogP contribution in [-0.2, 0) is 11.2 Å². The van der Waals surface area contributed by atoms with Crippen molar-refractivity contribution < 1.29 is 9.90 Å². The normalized spacial score (nSPS) is 12.4. The molecule has 0 bridgehead atoms. The van der Waals surface area contributed by atoms with E-state index in [1.807, 2.05) is 31.2 Å². The number of aliphatic carboxylic acids is 1. The summed E-state index contributed by atoms with van der Waals surface area (Å²) < 4.78 is 0. The summed E-state index contributed by atoms with van der Waals surface area (Å²) in [7, 11) is 0. The second kappa shape index (κ2) is 5.51. The second-order valence-electron chi connectivity index (χ2n) is 3.80. The molecule has 1 atom stereocenters. The number of carbonyl (C=O) groups is 1. The van der Waals surface area contributed by atoms with E-state index in [-0.39, 0.29) is 6.54 Å². The highest BCUT2D eigenvalue weighted by Gasteiger charge is 2.14. The van der Waals surface area contributed by atoms with Crippen LogP contribution in [0.2, 0.25) is 0 Å². The Morgan fingerprint density at radius 2 is 2.00 bits per heavy atom. The molecule has 3 heteroatoms. The van der Waals surface area contributed by atoms with Crippen molar-refractivity contribution in [2.75, 3.05) is 6.54 Å². The first-order valence-corrected chi connectivity index (χ1v) is 5.12. The molecule has 82 valence electrons. The number of hydrogen-bond acceptors (Lipinski definition) is 2. The van der Waals surface area contributed by atoms with Gasteiger partial charge in [0.15, 0.2) is 0 Å². The van der Waals surface area contributed by atoms with E-state index in [9.17, 15) is 4.79 Å². The lowest BCUT2D eigenvalue weighted by Gasteiger charge is -2.09. The maximum atomic E-state index is 10.7.